The number of rotatable bonds is 4. The Hall–Kier alpha value is -3.64. The lowest BCUT2D eigenvalue weighted by molar-refractivity contribution is 1.18. The van der Waals surface area contributed by atoms with Gasteiger partial charge in [-0.15, -0.1) is 11.3 Å². The highest BCUT2D eigenvalue weighted by molar-refractivity contribution is 7.99. The van der Waals surface area contributed by atoms with E-state index >= 15 is 0 Å². The number of fused-ring (bicyclic) bond motifs is 1. The minimum atomic E-state index is 0.361. The highest BCUT2D eigenvalue weighted by atomic mass is 35.5. The first kappa shape index (κ1) is 21.2. The van der Waals surface area contributed by atoms with E-state index in [4.69, 9.17) is 17.3 Å². The molecule has 3 heterocycles. The second-order valence-corrected chi connectivity index (χ2v) is 9.37. The molecule has 0 spiro atoms. The fraction of sp³-hybridized carbons (Fsp3) is 0. The van der Waals surface area contributed by atoms with Crippen molar-refractivity contribution in [3.05, 3.63) is 88.9 Å². The smallest absolute Gasteiger partial charge is 0.142 e. The van der Waals surface area contributed by atoms with Crippen molar-refractivity contribution in [2.45, 2.75) is 9.79 Å². The Balaban J connectivity index is 1.38. The van der Waals surface area contributed by atoms with Gasteiger partial charge in [0.1, 0.15) is 28.5 Å². The van der Waals surface area contributed by atoms with Crippen molar-refractivity contribution in [2.75, 3.05) is 11.1 Å². The van der Waals surface area contributed by atoms with Crippen molar-refractivity contribution < 1.29 is 0 Å². The highest BCUT2D eigenvalue weighted by Crippen LogP contribution is 2.36. The number of hydrogen-bond acceptors (Lipinski definition) is 8. The summed E-state index contributed by atoms with van der Waals surface area (Å²) in [6, 6.07) is 18.0. The third kappa shape index (κ3) is 5.07. The number of thiophene rings is 1. The summed E-state index contributed by atoms with van der Waals surface area (Å²) in [5.74, 6) is 7.15. The van der Waals surface area contributed by atoms with Gasteiger partial charge in [-0.25, -0.2) is 19.9 Å². The molecule has 0 atom stereocenters. The van der Waals surface area contributed by atoms with Crippen LogP contribution in [0.25, 0.3) is 10.2 Å². The first-order valence-corrected chi connectivity index (χ1v) is 11.8. The molecule has 0 saturated heterocycles. The third-order valence-electron chi connectivity index (χ3n) is 4.48. The van der Waals surface area contributed by atoms with E-state index in [0.29, 0.717) is 22.4 Å². The minimum Gasteiger partial charge on any atom is -0.382 e. The van der Waals surface area contributed by atoms with E-state index in [-0.39, 0.29) is 0 Å². The quantitative estimate of drug-likeness (QED) is 0.300. The standard InChI is InChI=1S/C24H15ClN6S2/c25-20-10-15(7-9-21(20)32-17-4-2-1-3-5-17)31-23-19-11-18(33-24(19)30-14-29-23)8-6-16-12-28-22(26)13-27-16/h1-5,7,9-14H,(H2,26,28)(H,29,30,31). The van der Waals surface area contributed by atoms with E-state index in [1.807, 2.05) is 42.5 Å². The molecule has 0 aliphatic heterocycles. The van der Waals surface area contributed by atoms with Crippen molar-refractivity contribution in [1.29, 1.82) is 0 Å². The van der Waals surface area contributed by atoms with E-state index in [2.05, 4.69) is 49.2 Å². The van der Waals surface area contributed by atoms with Crippen molar-refractivity contribution in [1.82, 2.24) is 19.9 Å². The molecule has 9 heteroatoms. The maximum Gasteiger partial charge on any atom is 0.142 e. The molecule has 0 bridgehead atoms. The second kappa shape index (κ2) is 9.46. The molecule has 160 valence electrons. The van der Waals surface area contributed by atoms with Gasteiger partial charge in [0.05, 0.1) is 27.7 Å². The Bertz CT molecular complexity index is 1490. The van der Waals surface area contributed by atoms with Crippen LogP contribution < -0.4 is 11.1 Å². The molecule has 0 amide bonds. The molecule has 0 radical (unpaired) electrons. The van der Waals surface area contributed by atoms with Gasteiger partial charge in [0.25, 0.3) is 0 Å². The third-order valence-corrected chi connectivity index (χ3v) is 6.95. The highest BCUT2D eigenvalue weighted by Gasteiger charge is 2.10. The normalized spacial score (nSPS) is 10.6. The van der Waals surface area contributed by atoms with E-state index in [0.717, 1.165) is 30.6 Å². The predicted molar refractivity (Wildman–Crippen MR) is 135 cm³/mol. The molecule has 0 unspecified atom stereocenters. The van der Waals surface area contributed by atoms with Crippen LogP contribution in [0.2, 0.25) is 5.02 Å². The lowest BCUT2D eigenvalue weighted by Crippen LogP contribution is -1.94. The average Bonchev–Trinajstić information content (AvgIpc) is 3.25. The molecule has 6 nitrogen and oxygen atoms in total. The first-order valence-electron chi connectivity index (χ1n) is 9.77. The summed E-state index contributed by atoms with van der Waals surface area (Å²) in [5, 5.41) is 4.90. The average molecular weight is 487 g/mol. The van der Waals surface area contributed by atoms with Crippen LogP contribution in [0, 0.1) is 11.8 Å². The van der Waals surface area contributed by atoms with Gasteiger partial charge < -0.3 is 11.1 Å². The molecule has 0 fully saturated rings. The van der Waals surface area contributed by atoms with Gasteiger partial charge in [-0.3, -0.25) is 0 Å². The maximum absolute atomic E-state index is 6.55. The van der Waals surface area contributed by atoms with Gasteiger partial charge in [0, 0.05) is 15.5 Å². The van der Waals surface area contributed by atoms with Gasteiger partial charge in [-0.2, -0.15) is 0 Å². The van der Waals surface area contributed by atoms with Crippen LogP contribution in [-0.4, -0.2) is 19.9 Å². The summed E-state index contributed by atoms with van der Waals surface area (Å²) in [4.78, 5) is 20.7. The topological polar surface area (TPSA) is 89.6 Å². The molecule has 2 aromatic carbocycles. The van der Waals surface area contributed by atoms with Crippen LogP contribution in [-0.2, 0) is 0 Å². The van der Waals surface area contributed by atoms with Crippen LogP contribution in [0.5, 0.6) is 0 Å². The Morgan fingerprint density at radius 1 is 0.939 bits per heavy atom. The van der Waals surface area contributed by atoms with Crippen LogP contribution >= 0.6 is 34.7 Å². The second-order valence-electron chi connectivity index (χ2n) is 6.81. The number of anilines is 3. The van der Waals surface area contributed by atoms with E-state index in [1.165, 1.54) is 23.9 Å². The molecule has 0 aliphatic carbocycles. The summed E-state index contributed by atoms with van der Waals surface area (Å²) in [7, 11) is 0. The fourth-order valence-electron chi connectivity index (χ4n) is 2.96. The summed E-state index contributed by atoms with van der Waals surface area (Å²) in [6.07, 6.45) is 4.56. The zero-order valence-corrected chi connectivity index (χ0v) is 19.4. The summed E-state index contributed by atoms with van der Waals surface area (Å²) in [5.41, 5.74) is 6.96. The van der Waals surface area contributed by atoms with Gasteiger partial charge >= 0.3 is 0 Å². The van der Waals surface area contributed by atoms with Crippen molar-refractivity contribution in [3.8, 4) is 11.8 Å². The molecule has 5 rings (SSSR count). The Morgan fingerprint density at radius 2 is 1.82 bits per heavy atom. The molecule has 33 heavy (non-hydrogen) atoms. The number of nitrogens with one attached hydrogen (secondary N) is 1. The number of nitrogens with zero attached hydrogens (tertiary/aromatic N) is 4. The lowest BCUT2D eigenvalue weighted by atomic mass is 10.3. The van der Waals surface area contributed by atoms with Crippen LogP contribution in [0.3, 0.4) is 0 Å². The Kier molecular flexibility index (Phi) is 6.09. The minimum absolute atomic E-state index is 0.361. The summed E-state index contributed by atoms with van der Waals surface area (Å²) in [6.45, 7) is 0. The van der Waals surface area contributed by atoms with E-state index in [9.17, 15) is 0 Å². The predicted octanol–water partition coefficient (Wildman–Crippen LogP) is 6.01. The number of nitrogens with two attached hydrogens (primary N) is 1. The van der Waals surface area contributed by atoms with Crippen LogP contribution in [0.4, 0.5) is 17.3 Å². The van der Waals surface area contributed by atoms with E-state index in [1.54, 1.807) is 18.0 Å². The maximum atomic E-state index is 6.55. The largest absolute Gasteiger partial charge is 0.382 e. The number of hydrogen-bond donors (Lipinski definition) is 2. The SMILES string of the molecule is Nc1cnc(C#Cc2cc3c(Nc4ccc(Sc5ccccc5)c(Cl)c4)ncnc3s2)cn1. The molecule has 5 aromatic rings. The van der Waals surface area contributed by atoms with E-state index < -0.39 is 0 Å². The molecule has 3 N–H and O–H groups in total. The zero-order valence-electron chi connectivity index (χ0n) is 17.0. The van der Waals surface area contributed by atoms with Crippen molar-refractivity contribution in [2.24, 2.45) is 0 Å². The number of aromatic nitrogens is 4. The van der Waals surface area contributed by atoms with Crippen LogP contribution in [0.1, 0.15) is 10.6 Å². The monoisotopic (exact) mass is 486 g/mol. The number of halogens is 1. The first-order chi connectivity index (χ1) is 16.1. The van der Waals surface area contributed by atoms with Gasteiger partial charge in [-0.1, -0.05) is 41.6 Å². The molecule has 3 aromatic heterocycles. The molecular formula is C24H15ClN6S2. The van der Waals surface area contributed by atoms with Crippen LogP contribution in [0.15, 0.2) is 83.1 Å². The number of benzene rings is 2. The lowest BCUT2D eigenvalue weighted by Gasteiger charge is -2.09. The van der Waals surface area contributed by atoms with Crippen molar-refractivity contribution in [3.63, 3.8) is 0 Å². The fourth-order valence-corrected chi connectivity index (χ4v) is 4.95. The number of nitrogen functional groups attached to an aromatic ring is 1. The summed E-state index contributed by atoms with van der Waals surface area (Å²) >= 11 is 9.66. The zero-order chi connectivity index (χ0) is 22.6. The Morgan fingerprint density at radius 3 is 2.61 bits per heavy atom. The van der Waals surface area contributed by atoms with Gasteiger partial charge in [0.2, 0.25) is 0 Å². The van der Waals surface area contributed by atoms with Gasteiger partial charge in [-0.05, 0) is 48.2 Å². The molecule has 0 aliphatic rings. The Labute approximate surface area is 203 Å². The van der Waals surface area contributed by atoms with Crippen molar-refractivity contribution >= 4 is 62.2 Å². The van der Waals surface area contributed by atoms with Gasteiger partial charge in [0.15, 0.2) is 0 Å². The molecule has 0 saturated carbocycles. The molecular weight excluding hydrogens is 472 g/mol. The summed E-state index contributed by atoms with van der Waals surface area (Å²) < 4.78 is 0.